The topological polar surface area (TPSA) is 66.2 Å². The third-order valence-electron chi connectivity index (χ3n) is 4.25. The van der Waals surface area contributed by atoms with Crippen LogP contribution in [0.4, 0.5) is 0 Å². The molecule has 26 heavy (non-hydrogen) atoms. The van der Waals surface area contributed by atoms with Crippen LogP contribution in [-0.4, -0.2) is 40.1 Å². The maximum atomic E-state index is 12.4. The Kier molecular flexibility index (Phi) is 4.75. The first-order valence-electron chi connectivity index (χ1n) is 8.68. The number of nitrogens with zero attached hydrogens (tertiary/aromatic N) is 3. The molecule has 1 aromatic heterocycles. The predicted octanol–water partition coefficient (Wildman–Crippen LogP) is 3.27. The Morgan fingerprint density at radius 3 is 2.54 bits per heavy atom. The molecule has 6 heteroatoms. The summed E-state index contributed by atoms with van der Waals surface area (Å²) in [6.45, 7) is 0.959. The number of hydrogen-bond acceptors (Lipinski definition) is 5. The van der Waals surface area contributed by atoms with Crippen LogP contribution in [0.1, 0.15) is 23.5 Å². The Bertz CT molecular complexity index is 815. The minimum absolute atomic E-state index is 0.0243. The highest BCUT2D eigenvalue weighted by atomic mass is 16.6. The van der Waals surface area contributed by atoms with Crippen LogP contribution in [0.25, 0.3) is 17.1 Å². The summed E-state index contributed by atoms with van der Waals surface area (Å²) in [7, 11) is 0. The van der Waals surface area contributed by atoms with E-state index in [1.165, 1.54) is 0 Å². The highest BCUT2D eigenvalue weighted by molar-refractivity contribution is 5.86. The molecule has 4 rings (SSSR count). The van der Waals surface area contributed by atoms with Gasteiger partial charge in [0.15, 0.2) is 5.82 Å². The smallest absolute Gasteiger partial charge is 0.378 e. The van der Waals surface area contributed by atoms with Gasteiger partial charge >= 0.3 is 5.97 Å². The van der Waals surface area contributed by atoms with Crippen molar-refractivity contribution in [2.24, 2.45) is 0 Å². The van der Waals surface area contributed by atoms with Gasteiger partial charge in [0.2, 0.25) is 0 Å². The standard InChI is InChI=1S/C20H19N3O3/c24-20(26-14-17-12-7-13-25-17)18-21-19(15-8-3-1-4-9-15)23(22-18)16-10-5-2-6-11-16/h1-6,8-11,17H,7,12-14H2/t17-/m1/s1. The fourth-order valence-electron chi connectivity index (χ4n) is 2.93. The monoisotopic (exact) mass is 349 g/mol. The minimum atomic E-state index is -0.535. The maximum absolute atomic E-state index is 12.4. The molecule has 3 aromatic rings. The lowest BCUT2D eigenvalue weighted by molar-refractivity contribution is 0.0151. The normalized spacial score (nSPS) is 16.5. The van der Waals surface area contributed by atoms with Crippen LogP contribution < -0.4 is 0 Å². The lowest BCUT2D eigenvalue weighted by atomic mass is 10.2. The Morgan fingerprint density at radius 2 is 1.85 bits per heavy atom. The Labute approximate surface area is 151 Å². The van der Waals surface area contributed by atoms with Gasteiger partial charge in [-0.2, -0.15) is 0 Å². The van der Waals surface area contributed by atoms with Crippen LogP contribution in [0.15, 0.2) is 60.7 Å². The van der Waals surface area contributed by atoms with E-state index in [0.717, 1.165) is 30.7 Å². The Balaban J connectivity index is 1.63. The SMILES string of the molecule is O=C(OC[C@H]1CCCO1)c1nc(-c2ccccc2)n(-c2ccccc2)n1. The van der Waals surface area contributed by atoms with E-state index < -0.39 is 5.97 Å². The Morgan fingerprint density at radius 1 is 1.12 bits per heavy atom. The number of hydrogen-bond donors (Lipinski definition) is 0. The molecule has 0 saturated carbocycles. The number of carbonyl (C=O) groups is 1. The van der Waals surface area contributed by atoms with Gasteiger partial charge < -0.3 is 9.47 Å². The molecule has 0 N–H and O–H groups in total. The molecule has 0 aliphatic carbocycles. The number of carbonyl (C=O) groups excluding carboxylic acids is 1. The molecule has 1 saturated heterocycles. The third kappa shape index (κ3) is 3.50. The summed E-state index contributed by atoms with van der Waals surface area (Å²) in [6, 6.07) is 19.3. The van der Waals surface area contributed by atoms with Gasteiger partial charge in [0.05, 0.1) is 11.8 Å². The average Bonchev–Trinajstić information content (AvgIpc) is 3.37. The number of aromatic nitrogens is 3. The van der Waals surface area contributed by atoms with Crippen molar-refractivity contribution in [3.8, 4) is 17.1 Å². The van der Waals surface area contributed by atoms with Gasteiger partial charge in [-0.1, -0.05) is 48.5 Å². The lowest BCUT2D eigenvalue weighted by Crippen LogP contribution is -2.18. The van der Waals surface area contributed by atoms with Gasteiger partial charge in [-0.3, -0.25) is 0 Å². The summed E-state index contributed by atoms with van der Waals surface area (Å²) in [6.07, 6.45) is 1.89. The van der Waals surface area contributed by atoms with Crippen molar-refractivity contribution in [2.75, 3.05) is 13.2 Å². The molecular formula is C20H19N3O3. The van der Waals surface area contributed by atoms with Gasteiger partial charge in [0, 0.05) is 12.2 Å². The maximum Gasteiger partial charge on any atom is 0.378 e. The number of para-hydroxylation sites is 1. The number of ether oxygens (including phenoxy) is 2. The zero-order valence-electron chi connectivity index (χ0n) is 14.2. The molecule has 6 nitrogen and oxygen atoms in total. The quantitative estimate of drug-likeness (QED) is 0.662. The summed E-state index contributed by atoms with van der Waals surface area (Å²) < 4.78 is 12.5. The summed E-state index contributed by atoms with van der Waals surface area (Å²) in [4.78, 5) is 16.9. The predicted molar refractivity (Wildman–Crippen MR) is 96.1 cm³/mol. The first-order chi connectivity index (χ1) is 12.8. The van der Waals surface area contributed by atoms with E-state index in [9.17, 15) is 4.79 Å². The molecule has 0 radical (unpaired) electrons. The molecule has 0 amide bonds. The minimum Gasteiger partial charge on any atom is -0.457 e. The van der Waals surface area contributed by atoms with Crippen LogP contribution in [0, 0.1) is 0 Å². The fourth-order valence-corrected chi connectivity index (χ4v) is 2.93. The number of rotatable bonds is 5. The summed E-state index contributed by atoms with van der Waals surface area (Å²) in [5.74, 6) is 0.110. The van der Waals surface area contributed by atoms with Crippen molar-refractivity contribution in [3.63, 3.8) is 0 Å². The molecule has 1 aliphatic heterocycles. The van der Waals surface area contributed by atoms with Crippen molar-refractivity contribution in [2.45, 2.75) is 18.9 Å². The molecule has 2 heterocycles. The van der Waals surface area contributed by atoms with Crippen LogP contribution >= 0.6 is 0 Å². The largest absolute Gasteiger partial charge is 0.457 e. The van der Waals surface area contributed by atoms with Crippen molar-refractivity contribution in [1.29, 1.82) is 0 Å². The first kappa shape index (κ1) is 16.5. The highest BCUT2D eigenvalue weighted by Crippen LogP contribution is 2.21. The Hall–Kier alpha value is -2.99. The molecule has 0 unspecified atom stereocenters. The second-order valence-corrected chi connectivity index (χ2v) is 6.11. The van der Waals surface area contributed by atoms with Gasteiger partial charge in [-0.25, -0.2) is 14.5 Å². The van der Waals surface area contributed by atoms with Gasteiger partial charge in [-0.15, -0.1) is 5.10 Å². The molecular weight excluding hydrogens is 330 g/mol. The molecule has 0 bridgehead atoms. The highest BCUT2D eigenvalue weighted by Gasteiger charge is 2.22. The molecule has 1 atom stereocenters. The molecule has 0 spiro atoms. The van der Waals surface area contributed by atoms with Crippen molar-refractivity contribution >= 4 is 5.97 Å². The molecule has 1 aliphatic rings. The van der Waals surface area contributed by atoms with Crippen LogP contribution in [0.5, 0.6) is 0 Å². The number of esters is 1. The van der Waals surface area contributed by atoms with Crippen molar-refractivity contribution in [1.82, 2.24) is 14.8 Å². The fraction of sp³-hybridized carbons (Fsp3) is 0.250. The van der Waals surface area contributed by atoms with Gasteiger partial charge in [0.25, 0.3) is 5.82 Å². The van der Waals surface area contributed by atoms with E-state index >= 15 is 0 Å². The van der Waals surface area contributed by atoms with Crippen LogP contribution in [0.3, 0.4) is 0 Å². The van der Waals surface area contributed by atoms with E-state index in [2.05, 4.69) is 10.1 Å². The van der Waals surface area contributed by atoms with E-state index in [1.54, 1.807) is 4.68 Å². The summed E-state index contributed by atoms with van der Waals surface area (Å²) in [5, 5.41) is 4.39. The second kappa shape index (κ2) is 7.49. The van der Waals surface area contributed by atoms with E-state index in [0.29, 0.717) is 5.82 Å². The number of benzene rings is 2. The zero-order valence-corrected chi connectivity index (χ0v) is 14.2. The summed E-state index contributed by atoms with van der Waals surface area (Å²) in [5.41, 5.74) is 1.71. The van der Waals surface area contributed by atoms with Crippen molar-refractivity contribution in [3.05, 3.63) is 66.5 Å². The van der Waals surface area contributed by atoms with Crippen molar-refractivity contribution < 1.29 is 14.3 Å². The van der Waals surface area contributed by atoms with Gasteiger partial charge in [0.1, 0.15) is 6.61 Å². The van der Waals surface area contributed by atoms with Gasteiger partial charge in [-0.05, 0) is 25.0 Å². The molecule has 1 fully saturated rings. The lowest BCUT2D eigenvalue weighted by Gasteiger charge is -2.08. The van der Waals surface area contributed by atoms with E-state index in [1.807, 2.05) is 60.7 Å². The summed E-state index contributed by atoms with van der Waals surface area (Å²) >= 11 is 0. The molecule has 132 valence electrons. The zero-order chi connectivity index (χ0) is 17.8. The third-order valence-corrected chi connectivity index (χ3v) is 4.25. The average molecular weight is 349 g/mol. The first-order valence-corrected chi connectivity index (χ1v) is 8.68. The van der Waals surface area contributed by atoms with E-state index in [4.69, 9.17) is 9.47 Å². The van der Waals surface area contributed by atoms with Crippen LogP contribution in [-0.2, 0) is 9.47 Å². The second-order valence-electron chi connectivity index (χ2n) is 6.11. The van der Waals surface area contributed by atoms with E-state index in [-0.39, 0.29) is 18.5 Å². The van der Waals surface area contributed by atoms with Crippen LogP contribution in [0.2, 0.25) is 0 Å². The molecule has 2 aromatic carbocycles.